The van der Waals surface area contributed by atoms with Crippen LogP contribution < -0.4 is 4.74 Å². The number of nitrogens with zero attached hydrogens (tertiary/aromatic N) is 4. The molecule has 7 heteroatoms. The van der Waals surface area contributed by atoms with E-state index in [2.05, 4.69) is 22.1 Å². The Hall–Kier alpha value is -1.73. The van der Waals surface area contributed by atoms with E-state index in [4.69, 9.17) is 9.47 Å². The van der Waals surface area contributed by atoms with E-state index in [9.17, 15) is 4.79 Å². The molecule has 1 amide bonds. The van der Waals surface area contributed by atoms with Crippen LogP contribution in [0.15, 0.2) is 12.1 Å². The summed E-state index contributed by atoms with van der Waals surface area (Å²) in [7, 11) is 3.61. The molecule has 7 nitrogen and oxygen atoms in total. The largest absolute Gasteiger partial charge is 0.480 e. The molecule has 2 aliphatic rings. The van der Waals surface area contributed by atoms with Crippen molar-refractivity contribution in [3.63, 3.8) is 0 Å². The summed E-state index contributed by atoms with van der Waals surface area (Å²) in [6.07, 6.45) is 2.45. The van der Waals surface area contributed by atoms with Crippen molar-refractivity contribution >= 4 is 5.91 Å². The van der Waals surface area contributed by atoms with Crippen molar-refractivity contribution in [2.75, 3.05) is 46.9 Å². The van der Waals surface area contributed by atoms with Gasteiger partial charge in [0.2, 0.25) is 5.88 Å². The SMILES string of the molecule is COc1ccc(C(=O)N(CC2CC2)C[C@H]2CN(C)CCO2)nn1. The summed E-state index contributed by atoms with van der Waals surface area (Å²) in [5, 5.41) is 7.88. The molecule has 3 rings (SSSR count). The van der Waals surface area contributed by atoms with Gasteiger partial charge in [0, 0.05) is 32.2 Å². The molecule has 1 saturated carbocycles. The highest BCUT2D eigenvalue weighted by Crippen LogP contribution is 2.30. The van der Waals surface area contributed by atoms with Gasteiger partial charge in [0.05, 0.1) is 19.8 Å². The lowest BCUT2D eigenvalue weighted by molar-refractivity contribution is -0.0332. The summed E-state index contributed by atoms with van der Waals surface area (Å²) in [5.74, 6) is 0.947. The van der Waals surface area contributed by atoms with E-state index in [0.29, 0.717) is 24.0 Å². The van der Waals surface area contributed by atoms with Gasteiger partial charge in [0.25, 0.3) is 5.91 Å². The number of ether oxygens (including phenoxy) is 2. The molecule has 1 atom stereocenters. The molecule has 1 aromatic rings. The van der Waals surface area contributed by atoms with Gasteiger partial charge in [-0.15, -0.1) is 10.2 Å². The van der Waals surface area contributed by atoms with Crippen LogP contribution in [0.1, 0.15) is 23.3 Å². The maximum absolute atomic E-state index is 12.8. The average molecular weight is 320 g/mol. The zero-order chi connectivity index (χ0) is 16.2. The molecule has 0 radical (unpaired) electrons. The molecule has 1 saturated heterocycles. The Kier molecular flexibility index (Phi) is 5.07. The van der Waals surface area contributed by atoms with Crippen LogP contribution >= 0.6 is 0 Å². The highest BCUT2D eigenvalue weighted by atomic mass is 16.5. The number of amides is 1. The predicted molar refractivity (Wildman–Crippen MR) is 84.4 cm³/mol. The maximum atomic E-state index is 12.8. The van der Waals surface area contributed by atoms with Gasteiger partial charge >= 0.3 is 0 Å². The molecule has 23 heavy (non-hydrogen) atoms. The fraction of sp³-hybridized carbons (Fsp3) is 0.688. The fourth-order valence-corrected chi connectivity index (χ4v) is 2.78. The van der Waals surface area contributed by atoms with E-state index in [-0.39, 0.29) is 12.0 Å². The molecular formula is C16H24N4O3. The highest BCUT2D eigenvalue weighted by Gasteiger charge is 2.30. The minimum atomic E-state index is -0.0797. The Bertz CT molecular complexity index is 533. The first-order chi connectivity index (χ1) is 11.2. The minimum Gasteiger partial charge on any atom is -0.480 e. The molecule has 1 aromatic heterocycles. The van der Waals surface area contributed by atoms with Crippen molar-refractivity contribution in [3.8, 4) is 5.88 Å². The van der Waals surface area contributed by atoms with Crippen molar-refractivity contribution in [1.29, 1.82) is 0 Å². The summed E-state index contributed by atoms with van der Waals surface area (Å²) in [5.41, 5.74) is 0.357. The summed E-state index contributed by atoms with van der Waals surface area (Å²) in [4.78, 5) is 16.9. The van der Waals surface area contributed by atoms with E-state index in [0.717, 1.165) is 26.2 Å². The summed E-state index contributed by atoms with van der Waals surface area (Å²) >= 11 is 0. The van der Waals surface area contributed by atoms with E-state index in [1.807, 2.05) is 4.90 Å². The number of rotatable bonds is 6. The second-order valence-corrected chi connectivity index (χ2v) is 6.37. The van der Waals surface area contributed by atoms with Gasteiger partial charge in [-0.1, -0.05) is 0 Å². The van der Waals surface area contributed by atoms with Gasteiger partial charge in [0.1, 0.15) is 0 Å². The number of carbonyl (C=O) groups excluding carboxylic acids is 1. The van der Waals surface area contributed by atoms with Gasteiger partial charge in [-0.25, -0.2) is 0 Å². The van der Waals surface area contributed by atoms with Crippen LogP contribution in [0.25, 0.3) is 0 Å². The summed E-state index contributed by atoms with van der Waals surface area (Å²) < 4.78 is 10.8. The molecule has 2 heterocycles. The van der Waals surface area contributed by atoms with Gasteiger partial charge in [-0.05, 0) is 31.9 Å². The lowest BCUT2D eigenvalue weighted by Gasteiger charge is -2.33. The van der Waals surface area contributed by atoms with Gasteiger partial charge in [0.15, 0.2) is 5.69 Å². The zero-order valence-electron chi connectivity index (χ0n) is 13.8. The van der Waals surface area contributed by atoms with Crippen molar-refractivity contribution in [3.05, 3.63) is 17.8 Å². The Morgan fingerprint density at radius 2 is 2.22 bits per heavy atom. The van der Waals surface area contributed by atoms with E-state index in [1.54, 1.807) is 12.1 Å². The number of methoxy groups -OCH3 is 1. The van der Waals surface area contributed by atoms with Gasteiger partial charge in [-0.2, -0.15) is 0 Å². The molecule has 0 unspecified atom stereocenters. The lowest BCUT2D eigenvalue weighted by Crippen LogP contribution is -2.48. The van der Waals surface area contributed by atoms with Gasteiger partial charge < -0.3 is 19.3 Å². The second-order valence-electron chi connectivity index (χ2n) is 6.37. The van der Waals surface area contributed by atoms with Crippen LogP contribution in [0.3, 0.4) is 0 Å². The first kappa shape index (κ1) is 16.1. The van der Waals surface area contributed by atoms with Crippen LogP contribution in [-0.4, -0.2) is 79.0 Å². The molecule has 126 valence electrons. The topological polar surface area (TPSA) is 67.8 Å². The highest BCUT2D eigenvalue weighted by molar-refractivity contribution is 5.92. The van der Waals surface area contributed by atoms with Crippen molar-refractivity contribution < 1.29 is 14.3 Å². The van der Waals surface area contributed by atoms with E-state index in [1.165, 1.54) is 20.0 Å². The average Bonchev–Trinajstić information content (AvgIpc) is 3.38. The standard InChI is InChI=1S/C16H24N4O3/c1-19-7-8-23-13(10-19)11-20(9-12-3-4-12)16(21)14-5-6-15(22-2)18-17-14/h5-6,12-13H,3-4,7-11H2,1-2H3/t13-/m1/s1. The summed E-state index contributed by atoms with van der Waals surface area (Å²) in [6, 6.07) is 3.34. The predicted octanol–water partition coefficient (Wildman–Crippen LogP) is 0.668. The molecular weight excluding hydrogens is 296 g/mol. The van der Waals surface area contributed by atoms with Crippen LogP contribution in [0.2, 0.25) is 0 Å². The number of likely N-dealkylation sites (N-methyl/N-ethyl adjacent to an activating group) is 1. The second kappa shape index (κ2) is 7.23. The molecule has 0 N–H and O–H groups in total. The quantitative estimate of drug-likeness (QED) is 0.767. The smallest absolute Gasteiger partial charge is 0.274 e. The third kappa shape index (κ3) is 4.39. The molecule has 2 fully saturated rings. The Labute approximate surface area is 136 Å². The van der Waals surface area contributed by atoms with Crippen molar-refractivity contribution in [1.82, 2.24) is 20.0 Å². The first-order valence-corrected chi connectivity index (χ1v) is 8.13. The van der Waals surface area contributed by atoms with Crippen LogP contribution in [0.4, 0.5) is 0 Å². The number of morpholine rings is 1. The molecule has 0 spiro atoms. The minimum absolute atomic E-state index is 0.0580. The molecule has 0 bridgehead atoms. The van der Waals surface area contributed by atoms with E-state index < -0.39 is 0 Å². The number of hydrogen-bond donors (Lipinski definition) is 0. The van der Waals surface area contributed by atoms with Crippen molar-refractivity contribution in [2.24, 2.45) is 5.92 Å². The Balaban J connectivity index is 1.67. The number of hydrogen-bond acceptors (Lipinski definition) is 6. The lowest BCUT2D eigenvalue weighted by atomic mass is 10.2. The maximum Gasteiger partial charge on any atom is 0.274 e. The Morgan fingerprint density at radius 1 is 1.39 bits per heavy atom. The molecule has 1 aliphatic heterocycles. The third-order valence-corrected chi connectivity index (χ3v) is 4.30. The number of carbonyl (C=O) groups is 1. The normalized spacial score (nSPS) is 21.9. The third-order valence-electron chi connectivity index (χ3n) is 4.30. The van der Waals surface area contributed by atoms with Crippen LogP contribution in [-0.2, 0) is 4.74 Å². The summed E-state index contributed by atoms with van der Waals surface area (Å²) in [6.45, 7) is 3.89. The van der Waals surface area contributed by atoms with Gasteiger partial charge in [-0.3, -0.25) is 4.79 Å². The van der Waals surface area contributed by atoms with Crippen molar-refractivity contribution in [2.45, 2.75) is 18.9 Å². The number of aromatic nitrogens is 2. The molecule has 0 aromatic carbocycles. The Morgan fingerprint density at radius 3 is 2.83 bits per heavy atom. The van der Waals surface area contributed by atoms with Crippen LogP contribution in [0, 0.1) is 5.92 Å². The van der Waals surface area contributed by atoms with Crippen LogP contribution in [0.5, 0.6) is 5.88 Å². The monoisotopic (exact) mass is 320 g/mol. The fourth-order valence-electron chi connectivity index (χ4n) is 2.78. The first-order valence-electron chi connectivity index (χ1n) is 8.13. The molecule has 1 aliphatic carbocycles. The van der Waals surface area contributed by atoms with E-state index >= 15 is 0 Å². The zero-order valence-corrected chi connectivity index (χ0v) is 13.8.